The lowest BCUT2D eigenvalue weighted by Crippen LogP contribution is -2.52. The van der Waals surface area contributed by atoms with Crippen molar-refractivity contribution in [1.82, 2.24) is 25.0 Å². The molecule has 1 fully saturated rings. The van der Waals surface area contributed by atoms with Crippen LogP contribution in [0.15, 0.2) is 24.3 Å². The number of nitrogens with one attached hydrogen (secondary N) is 1. The molecule has 158 valence electrons. The van der Waals surface area contributed by atoms with E-state index in [1.807, 2.05) is 0 Å². The van der Waals surface area contributed by atoms with Crippen molar-refractivity contribution in [2.45, 2.75) is 39.7 Å². The predicted molar refractivity (Wildman–Crippen MR) is 109 cm³/mol. The Kier molecular flexibility index (Phi) is 7.33. The van der Waals surface area contributed by atoms with Crippen LogP contribution < -0.4 is 5.32 Å². The van der Waals surface area contributed by atoms with Gasteiger partial charge in [-0.1, -0.05) is 26.7 Å². The van der Waals surface area contributed by atoms with Gasteiger partial charge in [-0.3, -0.25) is 9.69 Å². The molecule has 1 aliphatic rings. The Hall–Kier alpha value is -2.32. The van der Waals surface area contributed by atoms with Gasteiger partial charge in [-0.2, -0.15) is 0 Å². The molecule has 7 nitrogen and oxygen atoms in total. The molecule has 1 unspecified atom stereocenters. The first-order valence-corrected chi connectivity index (χ1v) is 10.3. The quantitative estimate of drug-likeness (QED) is 0.734. The van der Waals surface area contributed by atoms with Crippen molar-refractivity contribution < 1.29 is 13.9 Å². The highest BCUT2D eigenvalue weighted by atomic mass is 19.1. The van der Waals surface area contributed by atoms with Crippen LogP contribution >= 0.6 is 0 Å². The first-order valence-electron chi connectivity index (χ1n) is 10.3. The minimum atomic E-state index is -0.319. The maximum absolute atomic E-state index is 13.2. The van der Waals surface area contributed by atoms with E-state index < -0.39 is 0 Å². The second kappa shape index (κ2) is 9.93. The normalized spacial score (nSPS) is 16.2. The monoisotopic (exact) mass is 403 g/mol. The number of rotatable bonds is 8. The summed E-state index contributed by atoms with van der Waals surface area (Å²) in [5.41, 5.74) is 0.665. The molecule has 1 aliphatic heterocycles. The van der Waals surface area contributed by atoms with Gasteiger partial charge in [-0.15, -0.1) is 5.10 Å². The van der Waals surface area contributed by atoms with E-state index in [9.17, 15) is 9.18 Å². The number of benzene rings is 1. The number of nitrogens with zero attached hydrogens (tertiary/aromatic N) is 4. The van der Waals surface area contributed by atoms with Gasteiger partial charge in [-0.05, 0) is 37.1 Å². The summed E-state index contributed by atoms with van der Waals surface area (Å²) in [5.74, 6) is 0.585. The summed E-state index contributed by atoms with van der Waals surface area (Å²) in [7, 11) is 0. The third-order valence-corrected chi connectivity index (χ3v) is 5.62. The number of amides is 1. The molecule has 1 saturated heterocycles. The van der Waals surface area contributed by atoms with E-state index in [1.54, 1.807) is 23.7 Å². The molecule has 0 spiro atoms. The van der Waals surface area contributed by atoms with Crippen LogP contribution in [0.4, 0.5) is 4.39 Å². The zero-order valence-electron chi connectivity index (χ0n) is 17.4. The fourth-order valence-electron chi connectivity index (χ4n) is 3.93. The van der Waals surface area contributed by atoms with Gasteiger partial charge < -0.3 is 10.1 Å². The van der Waals surface area contributed by atoms with Crippen molar-refractivity contribution in [1.29, 1.82) is 0 Å². The molecule has 1 aromatic heterocycles. The molecular formula is C21H30FN5O2. The lowest BCUT2D eigenvalue weighted by molar-refractivity contribution is 0.00188. The maximum Gasteiger partial charge on any atom is 0.291 e. The van der Waals surface area contributed by atoms with Crippen LogP contribution in [0, 0.1) is 18.7 Å². The lowest BCUT2D eigenvalue weighted by atomic mass is 9.92. The van der Waals surface area contributed by atoms with E-state index in [0.29, 0.717) is 24.0 Å². The molecule has 3 rings (SSSR count). The molecule has 1 atom stereocenters. The highest BCUT2D eigenvalue weighted by Gasteiger charge is 2.28. The number of aryl methyl sites for hydroxylation is 1. The van der Waals surface area contributed by atoms with Gasteiger partial charge >= 0.3 is 0 Å². The average molecular weight is 404 g/mol. The largest absolute Gasteiger partial charge is 0.379 e. The molecule has 1 aromatic carbocycles. The second-order valence-electron chi connectivity index (χ2n) is 7.37. The Morgan fingerprint density at radius 2 is 1.86 bits per heavy atom. The van der Waals surface area contributed by atoms with Crippen molar-refractivity contribution >= 4 is 5.91 Å². The summed E-state index contributed by atoms with van der Waals surface area (Å²) in [6.07, 6.45) is 2.12. The predicted octanol–water partition coefficient (Wildman–Crippen LogP) is 2.58. The topological polar surface area (TPSA) is 72.3 Å². The van der Waals surface area contributed by atoms with E-state index in [0.717, 1.165) is 39.1 Å². The molecule has 8 heteroatoms. The summed E-state index contributed by atoms with van der Waals surface area (Å²) < 4.78 is 20.2. The molecule has 0 aliphatic carbocycles. The molecule has 2 aromatic rings. The smallest absolute Gasteiger partial charge is 0.291 e. The Bertz CT molecular complexity index is 798. The maximum atomic E-state index is 13.2. The van der Waals surface area contributed by atoms with Crippen LogP contribution in [0.1, 0.15) is 43.1 Å². The fraction of sp³-hybridized carbons (Fsp3) is 0.571. The van der Waals surface area contributed by atoms with Gasteiger partial charge in [0.15, 0.2) is 0 Å². The van der Waals surface area contributed by atoms with Crippen molar-refractivity contribution in [3.63, 3.8) is 0 Å². The number of carbonyl (C=O) groups is 1. The summed E-state index contributed by atoms with van der Waals surface area (Å²) in [6, 6.07) is 6.20. The van der Waals surface area contributed by atoms with Crippen LogP contribution in [-0.4, -0.2) is 64.5 Å². The van der Waals surface area contributed by atoms with E-state index in [2.05, 4.69) is 34.1 Å². The second-order valence-corrected chi connectivity index (χ2v) is 7.37. The van der Waals surface area contributed by atoms with Crippen LogP contribution in [-0.2, 0) is 4.74 Å². The third kappa shape index (κ3) is 5.19. The summed E-state index contributed by atoms with van der Waals surface area (Å²) in [6.45, 7) is 9.93. The zero-order valence-corrected chi connectivity index (χ0v) is 17.4. The first-order chi connectivity index (χ1) is 14.0. The number of aromatic nitrogens is 3. The fourth-order valence-corrected chi connectivity index (χ4v) is 3.93. The molecular weight excluding hydrogens is 373 g/mol. The first kappa shape index (κ1) is 21.4. The molecule has 0 bridgehead atoms. The summed E-state index contributed by atoms with van der Waals surface area (Å²) in [5, 5.41) is 7.35. The SMILES string of the molecule is CCC(CC)C(CNC(=O)c1nc(C)n(-c2ccc(F)cc2)n1)N1CCOCC1. The highest BCUT2D eigenvalue weighted by molar-refractivity contribution is 5.90. The van der Waals surface area contributed by atoms with Crippen molar-refractivity contribution in [2.24, 2.45) is 5.92 Å². The van der Waals surface area contributed by atoms with Crippen LogP contribution in [0.5, 0.6) is 0 Å². The van der Waals surface area contributed by atoms with Crippen LogP contribution in [0.25, 0.3) is 5.69 Å². The Morgan fingerprint density at radius 1 is 1.21 bits per heavy atom. The zero-order chi connectivity index (χ0) is 20.8. The van der Waals surface area contributed by atoms with Crippen molar-refractivity contribution in [3.05, 3.63) is 41.7 Å². The van der Waals surface area contributed by atoms with Gasteiger partial charge in [0.1, 0.15) is 11.6 Å². The number of morpholine rings is 1. The van der Waals surface area contributed by atoms with Gasteiger partial charge in [0.25, 0.3) is 5.91 Å². The average Bonchev–Trinajstić information content (AvgIpc) is 3.14. The third-order valence-electron chi connectivity index (χ3n) is 5.62. The standard InChI is InChI=1S/C21H30FN5O2/c1-4-16(5-2)19(26-10-12-29-13-11-26)14-23-21(28)20-24-15(3)27(25-20)18-8-6-17(22)7-9-18/h6-9,16,19H,4-5,10-14H2,1-3H3,(H,23,28). The summed E-state index contributed by atoms with van der Waals surface area (Å²) in [4.78, 5) is 19.4. The van der Waals surface area contributed by atoms with Crippen molar-refractivity contribution in [2.75, 3.05) is 32.8 Å². The minimum Gasteiger partial charge on any atom is -0.379 e. The number of hydrogen-bond acceptors (Lipinski definition) is 5. The minimum absolute atomic E-state index is 0.122. The molecule has 1 amide bonds. The van der Waals surface area contributed by atoms with Crippen LogP contribution in [0.3, 0.4) is 0 Å². The molecule has 2 heterocycles. The number of hydrogen-bond donors (Lipinski definition) is 1. The van der Waals surface area contributed by atoms with E-state index >= 15 is 0 Å². The van der Waals surface area contributed by atoms with Crippen LogP contribution in [0.2, 0.25) is 0 Å². The Labute approximate surface area is 171 Å². The summed E-state index contributed by atoms with van der Waals surface area (Å²) >= 11 is 0. The lowest BCUT2D eigenvalue weighted by Gasteiger charge is -2.38. The molecule has 0 radical (unpaired) electrons. The number of halogens is 1. The van der Waals surface area contributed by atoms with E-state index in [1.165, 1.54) is 12.1 Å². The number of ether oxygens (including phenoxy) is 1. The van der Waals surface area contributed by atoms with Gasteiger partial charge in [0.05, 0.1) is 18.9 Å². The Morgan fingerprint density at radius 3 is 2.48 bits per heavy atom. The van der Waals surface area contributed by atoms with E-state index in [4.69, 9.17) is 4.74 Å². The molecule has 0 saturated carbocycles. The highest BCUT2D eigenvalue weighted by Crippen LogP contribution is 2.20. The Balaban J connectivity index is 1.69. The van der Waals surface area contributed by atoms with Crippen molar-refractivity contribution in [3.8, 4) is 5.69 Å². The van der Waals surface area contributed by atoms with Gasteiger partial charge in [0, 0.05) is 25.7 Å². The van der Waals surface area contributed by atoms with Gasteiger partial charge in [0.2, 0.25) is 5.82 Å². The van der Waals surface area contributed by atoms with Gasteiger partial charge in [-0.25, -0.2) is 14.1 Å². The van der Waals surface area contributed by atoms with E-state index in [-0.39, 0.29) is 23.6 Å². The molecule has 1 N–H and O–H groups in total. The number of carbonyl (C=O) groups excluding carboxylic acids is 1. The molecule has 29 heavy (non-hydrogen) atoms.